The van der Waals surface area contributed by atoms with Gasteiger partial charge < -0.3 is 15.0 Å². The van der Waals surface area contributed by atoms with E-state index in [0.717, 1.165) is 25.2 Å². The second-order valence-corrected chi connectivity index (χ2v) is 6.72. The lowest BCUT2D eigenvalue weighted by Crippen LogP contribution is -2.30. The Hall–Kier alpha value is -3.34. The van der Waals surface area contributed by atoms with Crippen LogP contribution in [0.2, 0.25) is 0 Å². The van der Waals surface area contributed by atoms with E-state index >= 15 is 0 Å². The standard InChI is InChI=1S/C23H23N3O2/c1-2-28-22-10-6-5-9-20(22)25-23(27)21-15-19(11-13-24-21)26-14-12-17-7-3-4-8-18(17)16-26/h3-11,13,15H,2,12,14,16H2,1H3,(H,25,27). The first-order valence-electron chi connectivity index (χ1n) is 9.55. The average molecular weight is 373 g/mol. The number of fused-ring (bicyclic) bond motifs is 1. The summed E-state index contributed by atoms with van der Waals surface area (Å²) in [6, 6.07) is 19.7. The molecular formula is C23H23N3O2. The maximum atomic E-state index is 12.8. The van der Waals surface area contributed by atoms with Crippen LogP contribution in [-0.2, 0) is 13.0 Å². The lowest BCUT2D eigenvalue weighted by Gasteiger charge is -2.30. The van der Waals surface area contributed by atoms with E-state index in [2.05, 4.69) is 39.5 Å². The van der Waals surface area contributed by atoms with Crippen molar-refractivity contribution in [2.45, 2.75) is 19.9 Å². The Balaban J connectivity index is 1.52. The van der Waals surface area contributed by atoms with E-state index in [-0.39, 0.29) is 5.91 Å². The van der Waals surface area contributed by atoms with Crippen molar-refractivity contribution < 1.29 is 9.53 Å². The Morgan fingerprint density at radius 1 is 1.11 bits per heavy atom. The van der Waals surface area contributed by atoms with Gasteiger partial charge in [0, 0.05) is 25.0 Å². The van der Waals surface area contributed by atoms with E-state index in [1.807, 2.05) is 43.3 Å². The van der Waals surface area contributed by atoms with E-state index in [1.165, 1.54) is 11.1 Å². The molecule has 0 saturated heterocycles. The Bertz CT molecular complexity index is 987. The van der Waals surface area contributed by atoms with Crippen molar-refractivity contribution >= 4 is 17.3 Å². The van der Waals surface area contributed by atoms with Crippen molar-refractivity contribution in [2.75, 3.05) is 23.4 Å². The third-order valence-corrected chi connectivity index (χ3v) is 4.91. The third-order valence-electron chi connectivity index (χ3n) is 4.91. The first kappa shape index (κ1) is 18.0. The summed E-state index contributed by atoms with van der Waals surface area (Å²) in [5, 5.41) is 2.91. The highest BCUT2D eigenvalue weighted by Gasteiger charge is 2.18. The number of aromatic nitrogens is 1. The number of pyridine rings is 1. The monoisotopic (exact) mass is 373 g/mol. The van der Waals surface area contributed by atoms with Crippen LogP contribution in [0.15, 0.2) is 66.9 Å². The molecule has 1 aliphatic rings. The molecule has 0 unspecified atom stereocenters. The summed E-state index contributed by atoms with van der Waals surface area (Å²) in [6.45, 7) is 4.22. The molecule has 0 aliphatic carbocycles. The predicted octanol–water partition coefficient (Wildman–Crippen LogP) is 4.30. The van der Waals surface area contributed by atoms with Crippen LogP contribution < -0.4 is 15.0 Å². The zero-order valence-electron chi connectivity index (χ0n) is 15.9. The summed E-state index contributed by atoms with van der Waals surface area (Å²) >= 11 is 0. The molecule has 1 aromatic heterocycles. The fourth-order valence-electron chi connectivity index (χ4n) is 3.49. The van der Waals surface area contributed by atoms with Crippen LogP contribution in [0.25, 0.3) is 0 Å². The third kappa shape index (κ3) is 3.83. The molecule has 2 aromatic carbocycles. The molecular weight excluding hydrogens is 350 g/mol. The van der Waals surface area contributed by atoms with Crippen molar-refractivity contribution in [3.05, 3.63) is 83.7 Å². The SMILES string of the molecule is CCOc1ccccc1NC(=O)c1cc(N2CCc3ccccc3C2)ccn1. The van der Waals surface area contributed by atoms with Gasteiger partial charge in [-0.1, -0.05) is 36.4 Å². The van der Waals surface area contributed by atoms with Crippen LogP contribution in [0.3, 0.4) is 0 Å². The molecule has 0 atom stereocenters. The molecule has 5 nitrogen and oxygen atoms in total. The molecule has 3 aromatic rings. The van der Waals surface area contributed by atoms with E-state index in [0.29, 0.717) is 23.7 Å². The fraction of sp³-hybridized carbons (Fsp3) is 0.217. The molecule has 1 N–H and O–H groups in total. The first-order valence-corrected chi connectivity index (χ1v) is 9.55. The summed E-state index contributed by atoms with van der Waals surface area (Å²) in [6.07, 6.45) is 2.70. The number of benzene rings is 2. The van der Waals surface area contributed by atoms with E-state index in [1.54, 1.807) is 6.20 Å². The molecule has 4 rings (SSSR count). The number of hydrogen-bond donors (Lipinski definition) is 1. The van der Waals surface area contributed by atoms with Crippen molar-refractivity contribution in [1.29, 1.82) is 0 Å². The molecule has 0 fully saturated rings. The minimum absolute atomic E-state index is 0.244. The lowest BCUT2D eigenvalue weighted by atomic mass is 9.99. The Morgan fingerprint density at radius 2 is 1.89 bits per heavy atom. The Morgan fingerprint density at radius 3 is 2.75 bits per heavy atom. The highest BCUT2D eigenvalue weighted by Crippen LogP contribution is 2.26. The lowest BCUT2D eigenvalue weighted by molar-refractivity contribution is 0.102. The fourth-order valence-corrected chi connectivity index (χ4v) is 3.49. The molecule has 2 heterocycles. The minimum Gasteiger partial charge on any atom is -0.492 e. The molecule has 0 radical (unpaired) electrons. The zero-order chi connectivity index (χ0) is 19.3. The van der Waals surface area contributed by atoms with Crippen LogP contribution in [0.4, 0.5) is 11.4 Å². The second-order valence-electron chi connectivity index (χ2n) is 6.72. The molecule has 0 spiro atoms. The van der Waals surface area contributed by atoms with Gasteiger partial charge in [-0.15, -0.1) is 0 Å². The first-order chi connectivity index (χ1) is 13.7. The van der Waals surface area contributed by atoms with Gasteiger partial charge in [0.2, 0.25) is 0 Å². The second kappa shape index (κ2) is 8.13. The maximum absolute atomic E-state index is 12.8. The highest BCUT2D eigenvalue weighted by molar-refractivity contribution is 6.04. The van der Waals surface area contributed by atoms with Gasteiger partial charge in [-0.05, 0) is 48.7 Å². The van der Waals surface area contributed by atoms with Crippen LogP contribution in [0, 0.1) is 0 Å². The number of anilines is 2. The number of para-hydroxylation sites is 2. The van der Waals surface area contributed by atoms with Gasteiger partial charge in [-0.25, -0.2) is 0 Å². The summed E-state index contributed by atoms with van der Waals surface area (Å²) in [5.74, 6) is 0.411. The topological polar surface area (TPSA) is 54.5 Å². The number of nitrogens with zero attached hydrogens (tertiary/aromatic N) is 2. The molecule has 0 bridgehead atoms. The zero-order valence-corrected chi connectivity index (χ0v) is 15.9. The molecule has 142 valence electrons. The Labute approximate surface area is 165 Å². The summed E-state index contributed by atoms with van der Waals surface area (Å²) in [5.41, 5.74) is 4.78. The van der Waals surface area contributed by atoms with Crippen LogP contribution >= 0.6 is 0 Å². The normalized spacial score (nSPS) is 13.0. The van der Waals surface area contributed by atoms with Crippen LogP contribution in [-0.4, -0.2) is 24.0 Å². The Kier molecular flexibility index (Phi) is 5.24. The number of nitrogens with one attached hydrogen (secondary N) is 1. The van der Waals surface area contributed by atoms with E-state index < -0.39 is 0 Å². The quantitative estimate of drug-likeness (QED) is 0.725. The number of hydrogen-bond acceptors (Lipinski definition) is 4. The van der Waals surface area contributed by atoms with Gasteiger partial charge in [-0.2, -0.15) is 0 Å². The molecule has 5 heteroatoms. The average Bonchev–Trinajstić information content (AvgIpc) is 2.75. The summed E-state index contributed by atoms with van der Waals surface area (Å²) in [4.78, 5) is 19.3. The van der Waals surface area contributed by atoms with Gasteiger partial charge >= 0.3 is 0 Å². The van der Waals surface area contributed by atoms with Gasteiger partial charge in [0.25, 0.3) is 5.91 Å². The molecule has 0 saturated carbocycles. The number of amides is 1. The van der Waals surface area contributed by atoms with E-state index in [4.69, 9.17) is 4.74 Å². The highest BCUT2D eigenvalue weighted by atomic mass is 16.5. The van der Waals surface area contributed by atoms with Gasteiger partial charge in [-0.3, -0.25) is 9.78 Å². The largest absolute Gasteiger partial charge is 0.492 e. The van der Waals surface area contributed by atoms with Crippen molar-refractivity contribution in [3.63, 3.8) is 0 Å². The summed E-state index contributed by atoms with van der Waals surface area (Å²) in [7, 11) is 0. The van der Waals surface area contributed by atoms with Crippen LogP contribution in [0.1, 0.15) is 28.5 Å². The van der Waals surface area contributed by atoms with Gasteiger partial charge in [0.1, 0.15) is 11.4 Å². The van der Waals surface area contributed by atoms with Crippen molar-refractivity contribution in [3.8, 4) is 5.75 Å². The number of carbonyl (C=O) groups excluding carboxylic acids is 1. The van der Waals surface area contributed by atoms with Crippen molar-refractivity contribution in [1.82, 2.24) is 4.98 Å². The van der Waals surface area contributed by atoms with E-state index in [9.17, 15) is 4.79 Å². The molecule has 28 heavy (non-hydrogen) atoms. The number of ether oxygens (including phenoxy) is 1. The predicted molar refractivity (Wildman–Crippen MR) is 111 cm³/mol. The number of carbonyl (C=O) groups is 1. The number of rotatable bonds is 5. The smallest absolute Gasteiger partial charge is 0.274 e. The van der Waals surface area contributed by atoms with Gasteiger partial charge in [0.05, 0.1) is 12.3 Å². The molecule has 1 amide bonds. The molecule has 1 aliphatic heterocycles. The summed E-state index contributed by atoms with van der Waals surface area (Å²) < 4.78 is 5.58. The van der Waals surface area contributed by atoms with Crippen LogP contribution in [0.5, 0.6) is 5.75 Å². The minimum atomic E-state index is -0.244. The van der Waals surface area contributed by atoms with Crippen molar-refractivity contribution in [2.24, 2.45) is 0 Å². The maximum Gasteiger partial charge on any atom is 0.274 e. The van der Waals surface area contributed by atoms with Gasteiger partial charge in [0.15, 0.2) is 0 Å².